The third kappa shape index (κ3) is 5.49. The van der Waals surface area contributed by atoms with Gasteiger partial charge in [-0.3, -0.25) is 14.5 Å². The number of carbonyl (C=O) groups excluding carboxylic acids is 2. The predicted octanol–water partition coefficient (Wildman–Crippen LogP) is 4.50. The molecule has 5 nitrogen and oxygen atoms in total. The van der Waals surface area contributed by atoms with Gasteiger partial charge in [-0.05, 0) is 48.3 Å². The molecule has 0 radical (unpaired) electrons. The molecule has 2 aliphatic rings. The molecule has 1 aromatic heterocycles. The molecular formula is C27H37N3O2S. The molecule has 0 spiro atoms. The first kappa shape index (κ1) is 24.0. The molecule has 178 valence electrons. The average molecular weight is 468 g/mol. The number of piperazine rings is 1. The van der Waals surface area contributed by atoms with Gasteiger partial charge in [0.1, 0.15) is 0 Å². The number of nitrogens with zero attached hydrogens (tertiary/aromatic N) is 3. The van der Waals surface area contributed by atoms with Crippen LogP contribution in [0.5, 0.6) is 0 Å². The fraction of sp³-hybridized carbons (Fsp3) is 0.556. The van der Waals surface area contributed by atoms with Crippen LogP contribution in [-0.2, 0) is 16.0 Å². The normalized spacial score (nSPS) is 21.7. The molecule has 0 aliphatic carbocycles. The van der Waals surface area contributed by atoms with Gasteiger partial charge in [-0.1, -0.05) is 50.6 Å². The van der Waals surface area contributed by atoms with E-state index in [1.165, 1.54) is 21.6 Å². The predicted molar refractivity (Wildman–Crippen MR) is 134 cm³/mol. The monoisotopic (exact) mass is 467 g/mol. The van der Waals surface area contributed by atoms with Crippen molar-refractivity contribution in [3.63, 3.8) is 0 Å². The Labute approximate surface area is 202 Å². The molecule has 33 heavy (non-hydrogen) atoms. The average Bonchev–Trinajstić information content (AvgIpc) is 3.22. The lowest BCUT2D eigenvalue weighted by atomic mass is 9.91. The number of carbonyl (C=O) groups is 2. The molecule has 2 amide bonds. The van der Waals surface area contributed by atoms with E-state index in [1.807, 2.05) is 21.1 Å². The highest BCUT2D eigenvalue weighted by atomic mass is 32.1. The van der Waals surface area contributed by atoms with Gasteiger partial charge < -0.3 is 9.80 Å². The first-order valence-corrected chi connectivity index (χ1v) is 12.9. The molecule has 2 atom stereocenters. The zero-order valence-corrected chi connectivity index (χ0v) is 21.5. The third-order valence-electron chi connectivity index (χ3n) is 6.78. The largest absolute Gasteiger partial charge is 0.338 e. The Morgan fingerprint density at radius 1 is 1.03 bits per heavy atom. The van der Waals surface area contributed by atoms with Crippen molar-refractivity contribution in [3.8, 4) is 0 Å². The van der Waals surface area contributed by atoms with E-state index in [-0.39, 0.29) is 29.3 Å². The van der Waals surface area contributed by atoms with Crippen molar-refractivity contribution in [2.45, 2.75) is 59.5 Å². The minimum atomic E-state index is -0.0243. The van der Waals surface area contributed by atoms with Gasteiger partial charge >= 0.3 is 0 Å². The van der Waals surface area contributed by atoms with Crippen LogP contribution in [0.25, 0.3) is 0 Å². The van der Waals surface area contributed by atoms with Crippen LogP contribution in [0.15, 0.2) is 35.7 Å². The maximum atomic E-state index is 13.4. The van der Waals surface area contributed by atoms with E-state index in [1.54, 1.807) is 0 Å². The number of rotatable bonds is 4. The highest BCUT2D eigenvalue weighted by Crippen LogP contribution is 2.37. The van der Waals surface area contributed by atoms with Crippen LogP contribution >= 0.6 is 11.3 Å². The van der Waals surface area contributed by atoms with Gasteiger partial charge in [-0.25, -0.2) is 0 Å². The standard InChI is InChI=1S/C27H37N3O2S/c1-19-6-8-21(9-7-19)26-22-11-15-33-23(22)10-12-29(26)18-25(32)28-13-14-30(20(2)17-28)24(31)16-27(3,4)5/h6-9,11,15,20,26H,10,12-14,16-18H2,1-5H3. The van der Waals surface area contributed by atoms with Crippen molar-refractivity contribution >= 4 is 23.2 Å². The van der Waals surface area contributed by atoms with Crippen LogP contribution in [0, 0.1) is 12.3 Å². The fourth-order valence-electron chi connectivity index (χ4n) is 5.06. The van der Waals surface area contributed by atoms with Crippen molar-refractivity contribution in [1.29, 1.82) is 0 Å². The second kappa shape index (κ2) is 9.59. The van der Waals surface area contributed by atoms with Crippen LogP contribution < -0.4 is 0 Å². The Balaban J connectivity index is 1.44. The zero-order valence-electron chi connectivity index (χ0n) is 20.6. The highest BCUT2D eigenvalue weighted by molar-refractivity contribution is 7.10. The summed E-state index contributed by atoms with van der Waals surface area (Å²) in [6, 6.07) is 11.1. The highest BCUT2D eigenvalue weighted by Gasteiger charge is 2.35. The Morgan fingerprint density at radius 2 is 1.76 bits per heavy atom. The van der Waals surface area contributed by atoms with Crippen molar-refractivity contribution in [1.82, 2.24) is 14.7 Å². The van der Waals surface area contributed by atoms with E-state index in [0.29, 0.717) is 32.6 Å². The van der Waals surface area contributed by atoms with Gasteiger partial charge in [0.25, 0.3) is 0 Å². The van der Waals surface area contributed by atoms with E-state index in [0.717, 1.165) is 13.0 Å². The number of fused-ring (bicyclic) bond motifs is 1. The van der Waals surface area contributed by atoms with Crippen molar-refractivity contribution in [3.05, 3.63) is 57.3 Å². The molecule has 0 N–H and O–H groups in total. The molecule has 4 rings (SSSR count). The summed E-state index contributed by atoms with van der Waals surface area (Å²) in [6.45, 7) is 13.6. The number of benzene rings is 1. The van der Waals surface area contributed by atoms with Gasteiger partial charge in [0.05, 0.1) is 12.6 Å². The first-order valence-electron chi connectivity index (χ1n) is 12.1. The molecule has 2 aromatic rings. The fourth-order valence-corrected chi connectivity index (χ4v) is 5.97. The maximum Gasteiger partial charge on any atom is 0.236 e. The summed E-state index contributed by atoms with van der Waals surface area (Å²) in [5.74, 6) is 0.364. The topological polar surface area (TPSA) is 43.9 Å². The molecule has 0 bridgehead atoms. The Kier molecular flexibility index (Phi) is 6.96. The van der Waals surface area contributed by atoms with Crippen molar-refractivity contribution in [2.75, 3.05) is 32.7 Å². The van der Waals surface area contributed by atoms with Crippen LogP contribution in [-0.4, -0.2) is 65.3 Å². The second-order valence-electron chi connectivity index (χ2n) is 10.8. The molecular weight excluding hydrogens is 430 g/mol. The van der Waals surface area contributed by atoms with Gasteiger partial charge in [0.2, 0.25) is 11.8 Å². The van der Waals surface area contributed by atoms with E-state index in [9.17, 15) is 9.59 Å². The van der Waals surface area contributed by atoms with E-state index in [4.69, 9.17) is 0 Å². The molecule has 6 heteroatoms. The van der Waals surface area contributed by atoms with Crippen molar-refractivity contribution < 1.29 is 9.59 Å². The quantitative estimate of drug-likeness (QED) is 0.665. The minimum Gasteiger partial charge on any atom is -0.338 e. The molecule has 1 fully saturated rings. The maximum absolute atomic E-state index is 13.4. The van der Waals surface area contributed by atoms with Gasteiger partial charge in [0, 0.05) is 43.5 Å². The number of hydrogen-bond donors (Lipinski definition) is 0. The molecule has 3 heterocycles. The van der Waals surface area contributed by atoms with Crippen LogP contribution in [0.1, 0.15) is 61.7 Å². The summed E-state index contributed by atoms with van der Waals surface area (Å²) in [5.41, 5.74) is 3.81. The molecule has 0 saturated carbocycles. The minimum absolute atomic E-state index is 0.0243. The summed E-state index contributed by atoms with van der Waals surface area (Å²) in [7, 11) is 0. The second-order valence-corrected chi connectivity index (χ2v) is 11.8. The lowest BCUT2D eigenvalue weighted by molar-refractivity contribution is -0.144. The van der Waals surface area contributed by atoms with Crippen LogP contribution in [0.3, 0.4) is 0 Å². The van der Waals surface area contributed by atoms with Crippen molar-refractivity contribution in [2.24, 2.45) is 5.41 Å². The number of aryl methyl sites for hydroxylation is 1. The Hall–Kier alpha value is -2.18. The van der Waals surface area contributed by atoms with E-state index in [2.05, 4.69) is 75.2 Å². The molecule has 1 saturated heterocycles. The lowest BCUT2D eigenvalue weighted by Crippen LogP contribution is -2.57. The number of hydrogen-bond acceptors (Lipinski definition) is 4. The number of thiophene rings is 1. The first-order chi connectivity index (χ1) is 15.6. The van der Waals surface area contributed by atoms with Crippen LogP contribution in [0.4, 0.5) is 0 Å². The SMILES string of the molecule is Cc1ccc(C2c3ccsc3CCN2CC(=O)N2CCN(C(=O)CC(C)(C)C)C(C)C2)cc1. The third-order valence-corrected chi connectivity index (χ3v) is 7.78. The zero-order chi connectivity index (χ0) is 23.8. The van der Waals surface area contributed by atoms with Crippen LogP contribution in [0.2, 0.25) is 0 Å². The molecule has 2 aliphatic heterocycles. The molecule has 1 aromatic carbocycles. The van der Waals surface area contributed by atoms with Gasteiger partial charge in [-0.2, -0.15) is 0 Å². The van der Waals surface area contributed by atoms with Gasteiger partial charge in [0.15, 0.2) is 0 Å². The summed E-state index contributed by atoms with van der Waals surface area (Å²) in [4.78, 5) is 33.8. The Morgan fingerprint density at radius 3 is 2.42 bits per heavy atom. The van der Waals surface area contributed by atoms with E-state index < -0.39 is 0 Å². The summed E-state index contributed by atoms with van der Waals surface area (Å²) < 4.78 is 0. The lowest BCUT2D eigenvalue weighted by Gasteiger charge is -2.42. The number of amides is 2. The van der Waals surface area contributed by atoms with Gasteiger partial charge in [-0.15, -0.1) is 11.3 Å². The Bertz CT molecular complexity index is 992. The molecule has 2 unspecified atom stereocenters. The summed E-state index contributed by atoms with van der Waals surface area (Å²) in [5, 5.41) is 2.17. The summed E-state index contributed by atoms with van der Waals surface area (Å²) in [6.07, 6.45) is 1.54. The summed E-state index contributed by atoms with van der Waals surface area (Å²) >= 11 is 1.82. The van der Waals surface area contributed by atoms with E-state index >= 15 is 0 Å². The smallest absolute Gasteiger partial charge is 0.236 e.